The number of anilines is 1. The van der Waals surface area contributed by atoms with Crippen LogP contribution in [0.5, 0.6) is 0 Å². The Balaban J connectivity index is 1.47. The van der Waals surface area contributed by atoms with Gasteiger partial charge in [0.1, 0.15) is 5.82 Å². The number of thioether (sulfide) groups is 1. The van der Waals surface area contributed by atoms with E-state index in [2.05, 4.69) is 10.2 Å². The lowest BCUT2D eigenvalue weighted by Gasteiger charge is -2.29. The molecule has 2 heterocycles. The van der Waals surface area contributed by atoms with Gasteiger partial charge in [0.2, 0.25) is 11.8 Å². The second-order valence-corrected chi connectivity index (χ2v) is 8.43. The number of primary amides is 1. The van der Waals surface area contributed by atoms with Crippen molar-refractivity contribution in [2.75, 3.05) is 17.2 Å². The number of nitro benzene ring substituents is 1. The maximum absolute atomic E-state index is 12.9. The average molecular weight is 430 g/mol. The Labute approximate surface area is 177 Å². The predicted octanol–water partition coefficient (Wildman–Crippen LogP) is 2.01. The van der Waals surface area contributed by atoms with Crippen LogP contribution in [-0.4, -0.2) is 43.8 Å². The second-order valence-electron chi connectivity index (χ2n) is 7.49. The van der Waals surface area contributed by atoms with Crippen molar-refractivity contribution in [2.24, 2.45) is 5.73 Å². The van der Waals surface area contributed by atoms with Crippen LogP contribution >= 0.6 is 11.8 Å². The number of rotatable bonds is 8. The fourth-order valence-corrected chi connectivity index (χ4v) is 4.49. The van der Waals surface area contributed by atoms with Gasteiger partial charge in [-0.1, -0.05) is 11.8 Å². The van der Waals surface area contributed by atoms with Gasteiger partial charge in [-0.25, -0.2) is 0 Å². The molecule has 1 aliphatic carbocycles. The number of hydrogen-bond donors (Lipinski definition) is 1. The van der Waals surface area contributed by atoms with Crippen molar-refractivity contribution in [3.05, 3.63) is 39.7 Å². The molecule has 2 aliphatic rings. The molecule has 0 atom stereocenters. The van der Waals surface area contributed by atoms with E-state index in [-0.39, 0.29) is 23.8 Å². The fourth-order valence-electron chi connectivity index (χ4n) is 3.64. The van der Waals surface area contributed by atoms with Crippen LogP contribution < -0.4 is 10.6 Å². The molecule has 30 heavy (non-hydrogen) atoms. The third kappa shape index (κ3) is 4.30. The lowest BCUT2D eigenvalue weighted by atomic mass is 10.0. The van der Waals surface area contributed by atoms with Crippen molar-refractivity contribution in [3.63, 3.8) is 0 Å². The summed E-state index contributed by atoms with van der Waals surface area (Å²) in [4.78, 5) is 36.4. The van der Waals surface area contributed by atoms with Crippen LogP contribution in [0.3, 0.4) is 0 Å². The van der Waals surface area contributed by atoms with E-state index in [1.807, 2.05) is 4.57 Å². The van der Waals surface area contributed by atoms with E-state index in [1.165, 1.54) is 17.8 Å². The molecule has 1 fully saturated rings. The Morgan fingerprint density at radius 2 is 2.10 bits per heavy atom. The zero-order valence-corrected chi connectivity index (χ0v) is 17.1. The summed E-state index contributed by atoms with van der Waals surface area (Å²) >= 11 is 1.29. The van der Waals surface area contributed by atoms with Crippen LogP contribution in [0.4, 0.5) is 11.4 Å². The van der Waals surface area contributed by atoms with E-state index in [0.29, 0.717) is 30.6 Å². The van der Waals surface area contributed by atoms with Crippen molar-refractivity contribution < 1.29 is 14.5 Å². The molecule has 158 valence electrons. The predicted molar refractivity (Wildman–Crippen MR) is 110 cm³/mol. The van der Waals surface area contributed by atoms with Crippen LogP contribution in [0.1, 0.15) is 43.0 Å². The van der Waals surface area contributed by atoms with Crippen molar-refractivity contribution >= 4 is 35.0 Å². The van der Waals surface area contributed by atoms with Crippen LogP contribution in [-0.2, 0) is 22.6 Å². The largest absolute Gasteiger partial charge is 0.370 e. The van der Waals surface area contributed by atoms with E-state index in [9.17, 15) is 19.7 Å². The van der Waals surface area contributed by atoms with Gasteiger partial charge < -0.3 is 15.2 Å². The molecule has 1 aliphatic heterocycles. The standard InChI is InChI=1S/C19H22N6O4S/c20-16(26)7-9-24-18(12-3-4-12)21-22-19(24)30-11-17(27)23-8-1-2-13-10-14(25(28)29)5-6-15(13)23/h5-6,10,12H,1-4,7-9,11H2,(H2,20,26). The zero-order chi connectivity index (χ0) is 21.3. The van der Waals surface area contributed by atoms with Gasteiger partial charge in [-0.05, 0) is 37.3 Å². The van der Waals surface area contributed by atoms with Gasteiger partial charge in [-0.2, -0.15) is 0 Å². The molecular formula is C19H22N6O4S. The average Bonchev–Trinajstić information content (AvgIpc) is 3.49. The normalized spacial score (nSPS) is 15.7. The summed E-state index contributed by atoms with van der Waals surface area (Å²) in [5.41, 5.74) is 6.87. The van der Waals surface area contributed by atoms with Gasteiger partial charge in [-0.15, -0.1) is 10.2 Å². The molecule has 2 aromatic rings. The molecule has 0 spiro atoms. The summed E-state index contributed by atoms with van der Waals surface area (Å²) in [5, 5.41) is 20.1. The summed E-state index contributed by atoms with van der Waals surface area (Å²) in [5.74, 6) is 0.890. The molecular weight excluding hydrogens is 408 g/mol. The summed E-state index contributed by atoms with van der Waals surface area (Å²) in [7, 11) is 0. The molecule has 0 saturated heterocycles. The van der Waals surface area contributed by atoms with Gasteiger partial charge in [0.15, 0.2) is 5.16 Å². The first-order valence-electron chi connectivity index (χ1n) is 9.86. The summed E-state index contributed by atoms with van der Waals surface area (Å²) in [6.07, 6.45) is 3.76. The molecule has 1 saturated carbocycles. The number of amides is 2. The minimum Gasteiger partial charge on any atom is -0.370 e. The molecule has 11 heteroatoms. The number of benzene rings is 1. The number of nitro groups is 1. The monoisotopic (exact) mass is 430 g/mol. The highest BCUT2D eigenvalue weighted by Crippen LogP contribution is 2.40. The number of non-ortho nitro benzene ring substituents is 1. The van der Waals surface area contributed by atoms with Crippen molar-refractivity contribution in [1.29, 1.82) is 0 Å². The Morgan fingerprint density at radius 1 is 1.30 bits per heavy atom. The third-order valence-electron chi connectivity index (χ3n) is 5.29. The molecule has 2 N–H and O–H groups in total. The minimum atomic E-state index is -0.423. The van der Waals surface area contributed by atoms with Gasteiger partial charge in [-0.3, -0.25) is 19.7 Å². The molecule has 1 aromatic carbocycles. The Hall–Kier alpha value is -2.95. The molecule has 0 radical (unpaired) electrons. The number of fused-ring (bicyclic) bond motifs is 1. The highest BCUT2D eigenvalue weighted by atomic mass is 32.2. The number of aryl methyl sites for hydroxylation is 1. The van der Waals surface area contributed by atoms with E-state index in [1.54, 1.807) is 17.0 Å². The quantitative estimate of drug-likeness (QED) is 0.384. The number of nitrogens with zero attached hydrogens (tertiary/aromatic N) is 5. The van der Waals surface area contributed by atoms with Gasteiger partial charge in [0, 0.05) is 43.2 Å². The van der Waals surface area contributed by atoms with Gasteiger partial charge in [0.05, 0.1) is 10.7 Å². The molecule has 0 bridgehead atoms. The zero-order valence-electron chi connectivity index (χ0n) is 16.3. The second kappa shape index (κ2) is 8.42. The number of carbonyl (C=O) groups excluding carboxylic acids is 2. The maximum atomic E-state index is 12.9. The van der Waals surface area contributed by atoms with Crippen LogP contribution in [0, 0.1) is 10.1 Å². The highest BCUT2D eigenvalue weighted by molar-refractivity contribution is 7.99. The maximum Gasteiger partial charge on any atom is 0.269 e. The molecule has 4 rings (SSSR count). The number of nitrogens with two attached hydrogens (primary N) is 1. The topological polar surface area (TPSA) is 137 Å². The molecule has 0 unspecified atom stereocenters. The lowest BCUT2D eigenvalue weighted by Crippen LogP contribution is -2.36. The van der Waals surface area contributed by atoms with Crippen LogP contribution in [0.15, 0.2) is 23.4 Å². The number of hydrogen-bond acceptors (Lipinski definition) is 7. The molecule has 10 nitrogen and oxygen atoms in total. The van der Waals surface area contributed by atoms with Crippen molar-refractivity contribution in [2.45, 2.75) is 49.7 Å². The third-order valence-corrected chi connectivity index (χ3v) is 6.24. The van der Waals surface area contributed by atoms with Crippen molar-refractivity contribution in [3.8, 4) is 0 Å². The minimum absolute atomic E-state index is 0.0348. The Kier molecular flexibility index (Phi) is 5.71. The summed E-state index contributed by atoms with van der Waals surface area (Å²) < 4.78 is 1.90. The fraction of sp³-hybridized carbons (Fsp3) is 0.474. The first kappa shape index (κ1) is 20.3. The smallest absolute Gasteiger partial charge is 0.269 e. The van der Waals surface area contributed by atoms with E-state index >= 15 is 0 Å². The van der Waals surface area contributed by atoms with Gasteiger partial charge >= 0.3 is 0 Å². The summed E-state index contributed by atoms with van der Waals surface area (Å²) in [6, 6.07) is 4.62. The van der Waals surface area contributed by atoms with Gasteiger partial charge in [0.25, 0.3) is 5.69 Å². The first-order valence-corrected chi connectivity index (χ1v) is 10.8. The first-order chi connectivity index (χ1) is 14.4. The van der Waals surface area contributed by atoms with E-state index in [0.717, 1.165) is 36.3 Å². The molecule has 2 amide bonds. The number of aromatic nitrogens is 3. The number of carbonyl (C=O) groups is 2. The summed E-state index contributed by atoms with van der Waals surface area (Å²) in [6.45, 7) is 0.979. The van der Waals surface area contributed by atoms with Crippen LogP contribution in [0.2, 0.25) is 0 Å². The lowest BCUT2D eigenvalue weighted by molar-refractivity contribution is -0.384. The van der Waals surface area contributed by atoms with Crippen LogP contribution in [0.25, 0.3) is 0 Å². The Bertz CT molecular complexity index is 1000. The highest BCUT2D eigenvalue weighted by Gasteiger charge is 2.31. The van der Waals surface area contributed by atoms with E-state index < -0.39 is 10.8 Å². The molecule has 1 aromatic heterocycles. The SMILES string of the molecule is NC(=O)CCn1c(SCC(=O)N2CCCc3cc([N+](=O)[O-])ccc32)nnc1C1CC1. The van der Waals surface area contributed by atoms with Crippen molar-refractivity contribution in [1.82, 2.24) is 14.8 Å². The van der Waals surface area contributed by atoms with E-state index in [4.69, 9.17) is 5.73 Å². The Morgan fingerprint density at radius 3 is 2.80 bits per heavy atom.